The molecule has 0 bridgehead atoms. The average Bonchev–Trinajstić information content (AvgIpc) is 2.89. The molecule has 1 aliphatic carbocycles. The molecule has 1 aliphatic heterocycles. The Morgan fingerprint density at radius 2 is 1.78 bits per heavy atom. The predicted molar refractivity (Wildman–Crippen MR) is 101 cm³/mol. The van der Waals surface area contributed by atoms with Gasteiger partial charge in [0.2, 0.25) is 0 Å². The topological polar surface area (TPSA) is 24.4 Å². The molecule has 23 heavy (non-hydrogen) atoms. The van der Waals surface area contributed by atoms with E-state index in [1.807, 2.05) is 6.07 Å². The Hall–Kier alpha value is -2.26. The smallest absolute Gasteiger partial charge is 0.102 e. The number of hydrogen-bond acceptors (Lipinski definition) is 3. The maximum atomic E-state index is 4.87. The highest BCUT2D eigenvalue weighted by Crippen LogP contribution is 2.41. The number of nitrogens with one attached hydrogen (secondary N) is 1. The third kappa shape index (κ3) is 2.73. The van der Waals surface area contributed by atoms with Gasteiger partial charge in [0.25, 0.3) is 0 Å². The monoisotopic (exact) mass is 318 g/mol. The molecule has 0 aromatic heterocycles. The Morgan fingerprint density at radius 1 is 1.00 bits per heavy atom. The van der Waals surface area contributed by atoms with E-state index in [1.54, 1.807) is 11.8 Å². The number of nitrogens with zero attached hydrogens (tertiary/aromatic N) is 1. The first-order valence-corrected chi connectivity index (χ1v) is 9.06. The van der Waals surface area contributed by atoms with E-state index in [4.69, 9.17) is 4.99 Å². The maximum absolute atomic E-state index is 4.87. The maximum Gasteiger partial charge on any atom is 0.102 e. The van der Waals surface area contributed by atoms with Crippen molar-refractivity contribution in [3.8, 4) is 0 Å². The summed E-state index contributed by atoms with van der Waals surface area (Å²) in [6.07, 6.45) is 6.51. The molecule has 1 heterocycles. The molecule has 0 spiro atoms. The van der Waals surface area contributed by atoms with Gasteiger partial charge in [0.15, 0.2) is 0 Å². The van der Waals surface area contributed by atoms with Gasteiger partial charge in [-0.3, -0.25) is 0 Å². The number of allylic oxidation sites excluding steroid dienone is 1. The summed E-state index contributed by atoms with van der Waals surface area (Å²) in [6, 6.07) is 18.8. The summed E-state index contributed by atoms with van der Waals surface area (Å²) in [6.45, 7) is 0. The summed E-state index contributed by atoms with van der Waals surface area (Å²) in [5, 5.41) is 4.77. The first-order valence-electron chi connectivity index (χ1n) is 7.83. The minimum atomic E-state index is 1.02. The van der Waals surface area contributed by atoms with E-state index in [1.165, 1.54) is 22.4 Å². The van der Waals surface area contributed by atoms with Crippen molar-refractivity contribution in [2.75, 3.05) is 11.6 Å². The van der Waals surface area contributed by atoms with Crippen molar-refractivity contribution in [3.05, 3.63) is 77.0 Å². The highest BCUT2D eigenvalue weighted by molar-refractivity contribution is 8.13. The van der Waals surface area contributed by atoms with E-state index < -0.39 is 0 Å². The molecule has 2 nitrogen and oxygen atoms in total. The molecule has 0 fully saturated rings. The van der Waals surface area contributed by atoms with Crippen LogP contribution in [-0.4, -0.2) is 11.3 Å². The quantitative estimate of drug-likeness (QED) is 0.736. The minimum Gasteiger partial charge on any atom is -0.353 e. The van der Waals surface area contributed by atoms with Gasteiger partial charge in [-0.15, -0.1) is 11.8 Å². The van der Waals surface area contributed by atoms with Crippen LogP contribution < -0.4 is 5.32 Å². The van der Waals surface area contributed by atoms with Crippen LogP contribution in [0.2, 0.25) is 0 Å². The van der Waals surface area contributed by atoms with Crippen LogP contribution in [0.3, 0.4) is 0 Å². The van der Waals surface area contributed by atoms with Crippen molar-refractivity contribution >= 4 is 34.3 Å². The molecule has 1 N–H and O–H groups in total. The Bertz CT molecular complexity index is 832. The Morgan fingerprint density at radius 3 is 2.61 bits per heavy atom. The molecular weight excluding hydrogens is 300 g/mol. The van der Waals surface area contributed by atoms with Gasteiger partial charge in [0.1, 0.15) is 5.04 Å². The number of fused-ring (bicyclic) bond motifs is 1. The van der Waals surface area contributed by atoms with E-state index in [0.717, 1.165) is 29.3 Å². The SMILES string of the molecule is CSC1=Nc2ccccc2NC2=C1CC/C2=C\c1ccccc1. The van der Waals surface area contributed by atoms with Crippen LogP contribution in [0.15, 0.2) is 76.4 Å². The summed E-state index contributed by atoms with van der Waals surface area (Å²) < 4.78 is 0. The van der Waals surface area contributed by atoms with Crippen LogP contribution in [0, 0.1) is 0 Å². The van der Waals surface area contributed by atoms with Gasteiger partial charge < -0.3 is 5.32 Å². The van der Waals surface area contributed by atoms with E-state index in [2.05, 4.69) is 66.2 Å². The fourth-order valence-electron chi connectivity index (χ4n) is 3.13. The highest BCUT2D eigenvalue weighted by Gasteiger charge is 2.26. The van der Waals surface area contributed by atoms with Crippen LogP contribution in [0.25, 0.3) is 6.08 Å². The first-order chi connectivity index (χ1) is 11.3. The molecule has 2 aliphatic rings. The largest absolute Gasteiger partial charge is 0.353 e. The summed E-state index contributed by atoms with van der Waals surface area (Å²) in [7, 11) is 0. The molecule has 0 amide bonds. The molecule has 0 unspecified atom stereocenters. The fraction of sp³-hybridized carbons (Fsp3) is 0.150. The second-order valence-electron chi connectivity index (χ2n) is 5.70. The lowest BCUT2D eigenvalue weighted by molar-refractivity contribution is 1.05. The number of aliphatic imine (C=N–C) groups is 1. The Balaban J connectivity index is 1.81. The predicted octanol–water partition coefficient (Wildman–Crippen LogP) is 5.64. The summed E-state index contributed by atoms with van der Waals surface area (Å²) >= 11 is 1.73. The molecule has 0 radical (unpaired) electrons. The van der Waals surface area contributed by atoms with Gasteiger partial charge in [-0.2, -0.15) is 0 Å². The molecule has 2 aromatic carbocycles. The summed E-state index contributed by atoms with van der Waals surface area (Å²) in [5.74, 6) is 0. The number of anilines is 1. The van der Waals surface area contributed by atoms with Crippen molar-refractivity contribution < 1.29 is 0 Å². The van der Waals surface area contributed by atoms with E-state index in [-0.39, 0.29) is 0 Å². The lowest BCUT2D eigenvalue weighted by Gasteiger charge is -2.11. The highest BCUT2D eigenvalue weighted by atomic mass is 32.2. The minimum absolute atomic E-state index is 1.02. The molecule has 114 valence electrons. The first kappa shape index (κ1) is 14.3. The van der Waals surface area contributed by atoms with Gasteiger partial charge in [-0.05, 0) is 48.4 Å². The standard InChI is InChI=1S/C20H18N2S/c1-23-20-16-12-11-15(13-14-7-3-2-4-8-14)19(16)21-17-9-5-6-10-18(17)22-20/h2-10,13,21H,11-12H2,1H3/b15-13+. The van der Waals surface area contributed by atoms with Gasteiger partial charge >= 0.3 is 0 Å². The molecule has 3 heteroatoms. The number of hydrogen-bond donors (Lipinski definition) is 1. The van der Waals surface area contributed by atoms with Crippen LogP contribution in [-0.2, 0) is 0 Å². The van der Waals surface area contributed by atoms with Crippen LogP contribution in [0.1, 0.15) is 18.4 Å². The summed E-state index contributed by atoms with van der Waals surface area (Å²) in [4.78, 5) is 4.87. The molecule has 0 saturated heterocycles. The zero-order valence-electron chi connectivity index (χ0n) is 13.0. The number of thioether (sulfide) groups is 1. The average molecular weight is 318 g/mol. The van der Waals surface area contributed by atoms with Crippen molar-refractivity contribution in [3.63, 3.8) is 0 Å². The lowest BCUT2D eigenvalue weighted by atomic mass is 10.1. The van der Waals surface area contributed by atoms with Gasteiger partial charge in [0, 0.05) is 11.3 Å². The van der Waals surface area contributed by atoms with Crippen molar-refractivity contribution in [2.45, 2.75) is 12.8 Å². The van der Waals surface area contributed by atoms with E-state index in [9.17, 15) is 0 Å². The van der Waals surface area contributed by atoms with E-state index in [0.29, 0.717) is 0 Å². The van der Waals surface area contributed by atoms with Crippen LogP contribution in [0.5, 0.6) is 0 Å². The second kappa shape index (κ2) is 6.09. The van der Waals surface area contributed by atoms with Gasteiger partial charge in [-0.25, -0.2) is 4.99 Å². The Labute approximate surface area is 141 Å². The van der Waals surface area contributed by atoms with Crippen molar-refractivity contribution in [2.24, 2.45) is 4.99 Å². The van der Waals surface area contributed by atoms with Gasteiger partial charge in [-0.1, -0.05) is 42.5 Å². The zero-order chi connectivity index (χ0) is 15.6. The Kier molecular flexibility index (Phi) is 3.80. The molecule has 4 rings (SSSR count). The third-order valence-electron chi connectivity index (χ3n) is 4.24. The molecular formula is C20H18N2S. The second-order valence-corrected chi connectivity index (χ2v) is 6.49. The van der Waals surface area contributed by atoms with Crippen LogP contribution >= 0.6 is 11.8 Å². The van der Waals surface area contributed by atoms with Gasteiger partial charge in [0.05, 0.1) is 11.4 Å². The van der Waals surface area contributed by atoms with E-state index >= 15 is 0 Å². The number of para-hydroxylation sites is 2. The molecule has 0 saturated carbocycles. The van der Waals surface area contributed by atoms with Crippen molar-refractivity contribution in [1.29, 1.82) is 0 Å². The molecule has 0 atom stereocenters. The zero-order valence-corrected chi connectivity index (χ0v) is 13.9. The lowest BCUT2D eigenvalue weighted by Crippen LogP contribution is -2.03. The normalized spacial score (nSPS) is 18.1. The summed E-state index contributed by atoms with van der Waals surface area (Å²) in [5.41, 5.74) is 7.31. The molecule has 2 aromatic rings. The number of benzene rings is 2. The number of rotatable bonds is 1. The fourth-order valence-corrected chi connectivity index (χ4v) is 3.77. The third-order valence-corrected chi connectivity index (χ3v) is 4.97. The van der Waals surface area contributed by atoms with Crippen LogP contribution in [0.4, 0.5) is 11.4 Å². The van der Waals surface area contributed by atoms with Crippen molar-refractivity contribution in [1.82, 2.24) is 0 Å².